The van der Waals surface area contributed by atoms with E-state index in [0.29, 0.717) is 28.6 Å². The van der Waals surface area contributed by atoms with Crippen LogP contribution >= 0.6 is 11.3 Å². The Morgan fingerprint density at radius 3 is 2.50 bits per heavy atom. The van der Waals surface area contributed by atoms with Crippen LogP contribution in [0.2, 0.25) is 0 Å². The second-order valence-electron chi connectivity index (χ2n) is 13.5. The van der Waals surface area contributed by atoms with Crippen LogP contribution in [-0.2, 0) is 21.2 Å². The number of carbonyl (C=O) groups is 1. The van der Waals surface area contributed by atoms with Gasteiger partial charge < -0.3 is 20.3 Å². The molecule has 0 aliphatic heterocycles. The lowest BCUT2D eigenvalue weighted by Gasteiger charge is -2.58. The van der Waals surface area contributed by atoms with Crippen molar-refractivity contribution in [2.45, 2.75) is 69.3 Å². The summed E-state index contributed by atoms with van der Waals surface area (Å²) >= 11 is 1.22. The van der Waals surface area contributed by atoms with Crippen molar-refractivity contribution in [2.75, 3.05) is 24.6 Å². The first-order valence-corrected chi connectivity index (χ1v) is 17.9. The fourth-order valence-corrected chi connectivity index (χ4v) is 10.0. The highest BCUT2D eigenvalue weighted by atomic mass is 32.2. The first kappa shape index (κ1) is 33.7. The van der Waals surface area contributed by atoms with E-state index in [1.54, 1.807) is 25.0 Å². The molecule has 2 aromatic heterocycles. The summed E-state index contributed by atoms with van der Waals surface area (Å²) in [6, 6.07) is 5.98. The molecule has 0 radical (unpaired) electrons. The lowest BCUT2D eigenvalue weighted by Crippen LogP contribution is -2.54. The molecule has 3 fully saturated rings. The number of nitrogens with one attached hydrogen (secondary N) is 1. The standard InChI is InChI=1S/C22H27NO2.C9H9N3O2S2.C3H7NO/c1-4-22(24)10-8-18-16-6-5-15-11-19-14(13-23-25-19)12-20(15,2)17(16)7-9-21(18,22)3;10-7-1-3-8(4-2-7)16(13,14)12-9-11-5-6-15-9;1-4(2)3-5/h1,11,13,16-18,24H,5-10,12H2,2-3H3;1-6H,10H2,(H,11,12);3H,1-2H3/t16-,17+,18+,20+,21+,22+;;/m1../s1. The van der Waals surface area contributed by atoms with Crippen LogP contribution in [0, 0.1) is 40.9 Å². The number of anilines is 2. The zero-order valence-corrected chi connectivity index (χ0v) is 28.4. The Kier molecular flexibility index (Phi) is 9.42. The van der Waals surface area contributed by atoms with Crippen LogP contribution in [0.1, 0.15) is 63.7 Å². The Bertz CT molecular complexity index is 1710. The summed E-state index contributed by atoms with van der Waals surface area (Å²) in [4.78, 5) is 14.9. The van der Waals surface area contributed by atoms with Gasteiger partial charge in [-0.15, -0.1) is 17.8 Å². The SMILES string of the molecule is C#C[C@]1(O)CC[C@H]2[C@@H]3CCC4=Cc5oncc5C[C@]4(C)[C@H]3CC[C@@]21C.CN(C)C=O.Nc1ccc(S(=O)(=O)Nc2nccs2)cc1. The van der Waals surface area contributed by atoms with E-state index in [1.165, 1.54) is 58.7 Å². The third kappa shape index (κ3) is 6.20. The van der Waals surface area contributed by atoms with Crippen LogP contribution in [0.25, 0.3) is 6.08 Å². The van der Waals surface area contributed by atoms with Crippen LogP contribution in [0.3, 0.4) is 0 Å². The highest BCUT2D eigenvalue weighted by Gasteiger charge is 2.63. The number of aliphatic hydroxyl groups is 1. The fraction of sp³-hybridized carbons (Fsp3) is 0.500. The van der Waals surface area contributed by atoms with Crippen molar-refractivity contribution in [3.05, 3.63) is 58.9 Å². The molecule has 4 N–H and O–H groups in total. The first-order valence-electron chi connectivity index (χ1n) is 15.5. The number of amides is 1. The topological polar surface area (TPSA) is 152 Å². The highest BCUT2D eigenvalue weighted by Crippen LogP contribution is 2.67. The molecular formula is C34H43N5O5S2. The Morgan fingerprint density at radius 2 is 1.87 bits per heavy atom. The quantitative estimate of drug-likeness (QED) is 0.189. The maximum atomic E-state index is 11.8. The maximum absolute atomic E-state index is 11.8. The summed E-state index contributed by atoms with van der Waals surface area (Å²) in [7, 11) is -0.183. The van der Waals surface area contributed by atoms with E-state index in [1.807, 2.05) is 6.20 Å². The maximum Gasteiger partial charge on any atom is 0.263 e. The molecule has 3 saturated carbocycles. The zero-order chi connectivity index (χ0) is 33.3. The monoisotopic (exact) mass is 665 g/mol. The molecule has 2 heterocycles. The predicted octanol–water partition coefficient (Wildman–Crippen LogP) is 5.45. The van der Waals surface area contributed by atoms with E-state index in [4.69, 9.17) is 16.7 Å². The number of aromatic nitrogens is 2. The van der Waals surface area contributed by atoms with Crippen molar-refractivity contribution in [3.63, 3.8) is 0 Å². The molecule has 4 aliphatic carbocycles. The molecule has 3 aromatic rings. The molecule has 0 spiro atoms. The summed E-state index contributed by atoms with van der Waals surface area (Å²) in [6.45, 7) is 4.71. The molecule has 10 nitrogen and oxygen atoms in total. The number of nitrogens with zero attached hydrogens (tertiary/aromatic N) is 3. The van der Waals surface area contributed by atoms with Crippen molar-refractivity contribution in [2.24, 2.45) is 28.6 Å². The molecular weight excluding hydrogens is 623 g/mol. The van der Waals surface area contributed by atoms with Crippen molar-refractivity contribution >= 4 is 44.7 Å². The van der Waals surface area contributed by atoms with Crippen LogP contribution in [0.4, 0.5) is 10.8 Å². The van der Waals surface area contributed by atoms with Crippen molar-refractivity contribution in [1.82, 2.24) is 15.0 Å². The Labute approximate surface area is 275 Å². The first-order chi connectivity index (χ1) is 21.8. The molecule has 0 saturated heterocycles. The number of terminal acetylenes is 1. The highest BCUT2D eigenvalue weighted by molar-refractivity contribution is 7.93. The average Bonchev–Trinajstić information content (AvgIpc) is 3.76. The van der Waals surface area contributed by atoms with Gasteiger partial charge in [-0.2, -0.15) is 0 Å². The number of rotatable bonds is 4. The van der Waals surface area contributed by atoms with Gasteiger partial charge in [0, 0.05) is 42.3 Å². The van der Waals surface area contributed by atoms with Gasteiger partial charge in [-0.3, -0.25) is 9.52 Å². The predicted molar refractivity (Wildman–Crippen MR) is 180 cm³/mol. The van der Waals surface area contributed by atoms with Gasteiger partial charge in [0.05, 0.1) is 11.1 Å². The molecule has 1 amide bonds. The number of fused-ring (bicyclic) bond motifs is 6. The number of nitrogen functional groups attached to an aromatic ring is 1. The number of nitrogens with two attached hydrogens (primary N) is 1. The minimum Gasteiger partial charge on any atom is -0.399 e. The number of carbonyl (C=O) groups excluding carboxylic acids is 1. The van der Waals surface area contributed by atoms with E-state index in [0.717, 1.165) is 50.7 Å². The lowest BCUT2D eigenvalue weighted by molar-refractivity contribution is -0.115. The molecule has 6 atom stereocenters. The van der Waals surface area contributed by atoms with Gasteiger partial charge in [0.2, 0.25) is 6.41 Å². The summed E-state index contributed by atoms with van der Waals surface area (Å²) in [5.41, 5.74) is 7.99. The number of thiazole rings is 1. The summed E-state index contributed by atoms with van der Waals surface area (Å²) in [5, 5.41) is 17.1. The van der Waals surface area contributed by atoms with Gasteiger partial charge in [-0.1, -0.05) is 30.5 Å². The third-order valence-corrected chi connectivity index (χ3v) is 12.9. The van der Waals surface area contributed by atoms with E-state index in [2.05, 4.69) is 40.7 Å². The van der Waals surface area contributed by atoms with Crippen molar-refractivity contribution < 1.29 is 22.8 Å². The molecule has 4 aliphatic rings. The molecule has 0 unspecified atom stereocenters. The number of allylic oxidation sites excluding steroid dienone is 1. The summed E-state index contributed by atoms with van der Waals surface area (Å²) < 4.78 is 31.5. The molecule has 246 valence electrons. The summed E-state index contributed by atoms with van der Waals surface area (Å²) in [5.74, 6) is 5.64. The molecule has 7 rings (SSSR count). The molecule has 12 heteroatoms. The molecule has 1 aromatic carbocycles. The van der Waals surface area contributed by atoms with Gasteiger partial charge in [0.15, 0.2) is 10.9 Å². The van der Waals surface area contributed by atoms with Gasteiger partial charge in [-0.05, 0) is 98.5 Å². The largest absolute Gasteiger partial charge is 0.399 e. The number of hydrogen-bond acceptors (Lipinski definition) is 9. The third-order valence-electron chi connectivity index (χ3n) is 10.7. The van der Waals surface area contributed by atoms with Crippen molar-refractivity contribution in [3.8, 4) is 12.3 Å². The van der Waals surface area contributed by atoms with Gasteiger partial charge in [0.1, 0.15) is 5.60 Å². The molecule has 0 bridgehead atoms. The van der Waals surface area contributed by atoms with E-state index in [9.17, 15) is 18.3 Å². The number of sulfonamides is 1. The van der Waals surface area contributed by atoms with E-state index < -0.39 is 15.6 Å². The lowest BCUT2D eigenvalue weighted by atomic mass is 9.46. The smallest absolute Gasteiger partial charge is 0.263 e. The second kappa shape index (κ2) is 12.9. The Morgan fingerprint density at radius 1 is 1.17 bits per heavy atom. The van der Waals surface area contributed by atoms with E-state index in [-0.39, 0.29) is 15.7 Å². The number of hydrogen-bond donors (Lipinski definition) is 3. The zero-order valence-electron chi connectivity index (χ0n) is 26.8. The number of benzene rings is 1. The minimum atomic E-state index is -3.56. The second-order valence-corrected chi connectivity index (χ2v) is 16.1. The van der Waals surface area contributed by atoms with Gasteiger partial charge in [0.25, 0.3) is 10.0 Å². The van der Waals surface area contributed by atoms with Gasteiger partial charge >= 0.3 is 0 Å². The molecule has 46 heavy (non-hydrogen) atoms. The fourth-order valence-electron chi connectivity index (χ4n) is 8.23. The van der Waals surface area contributed by atoms with Crippen LogP contribution in [-0.4, -0.2) is 54.7 Å². The normalized spacial score (nSPS) is 30.6. The van der Waals surface area contributed by atoms with Crippen LogP contribution < -0.4 is 10.5 Å². The average molecular weight is 666 g/mol. The Balaban J connectivity index is 0.000000170. The van der Waals surface area contributed by atoms with Crippen LogP contribution in [0.15, 0.2) is 57.0 Å². The Hall–Kier alpha value is -3.66. The van der Waals surface area contributed by atoms with Gasteiger partial charge in [-0.25, -0.2) is 13.4 Å². The van der Waals surface area contributed by atoms with Crippen molar-refractivity contribution in [1.29, 1.82) is 0 Å². The summed E-state index contributed by atoms with van der Waals surface area (Å²) in [6.07, 6.45) is 19.7. The van der Waals surface area contributed by atoms with E-state index >= 15 is 0 Å². The minimum absolute atomic E-state index is 0.114. The van der Waals surface area contributed by atoms with Crippen LogP contribution in [0.5, 0.6) is 0 Å².